The first-order chi connectivity index (χ1) is 12.1. The first kappa shape index (κ1) is 16.8. The number of aryl methyl sites for hydroxylation is 1. The number of carbonyl (C=O) groups is 1. The Balaban J connectivity index is 1.92. The van der Waals surface area contributed by atoms with Crippen molar-refractivity contribution < 1.29 is 14.6 Å². The highest BCUT2D eigenvalue weighted by Gasteiger charge is 2.10. The molecule has 3 nitrogen and oxygen atoms in total. The Morgan fingerprint density at radius 3 is 2.32 bits per heavy atom. The smallest absolute Gasteiger partial charge is 0.307 e. The fourth-order valence-corrected chi connectivity index (χ4v) is 2.68. The molecular formula is C22H20O3. The molecule has 0 saturated heterocycles. The molecule has 0 aliphatic carbocycles. The van der Waals surface area contributed by atoms with Gasteiger partial charge in [0.05, 0.1) is 6.42 Å². The molecule has 0 aliphatic rings. The van der Waals surface area contributed by atoms with Crippen molar-refractivity contribution in [2.75, 3.05) is 0 Å². The molecule has 0 saturated carbocycles. The number of hydrogen-bond acceptors (Lipinski definition) is 2. The minimum Gasteiger partial charge on any atom is -0.488 e. The summed E-state index contributed by atoms with van der Waals surface area (Å²) in [4.78, 5) is 11.0. The van der Waals surface area contributed by atoms with Crippen LogP contribution in [0, 0.1) is 6.92 Å². The summed E-state index contributed by atoms with van der Waals surface area (Å²) in [5, 5.41) is 9.05. The standard InChI is InChI=1S/C22H20O3/c1-16-7-10-19(11-8-16)20-13-18(14-22(23)24)9-12-21(20)25-15-17-5-3-2-4-6-17/h2-13H,14-15H2,1H3,(H,23,24). The summed E-state index contributed by atoms with van der Waals surface area (Å²) in [6.45, 7) is 2.51. The zero-order valence-corrected chi connectivity index (χ0v) is 14.1. The van der Waals surface area contributed by atoms with Gasteiger partial charge in [0.15, 0.2) is 0 Å². The van der Waals surface area contributed by atoms with Crippen molar-refractivity contribution in [2.24, 2.45) is 0 Å². The molecule has 0 heterocycles. The number of carboxylic acids is 1. The van der Waals surface area contributed by atoms with Gasteiger partial charge in [-0.25, -0.2) is 0 Å². The Morgan fingerprint density at radius 2 is 1.64 bits per heavy atom. The quantitative estimate of drug-likeness (QED) is 0.700. The van der Waals surface area contributed by atoms with Crippen LogP contribution in [0.25, 0.3) is 11.1 Å². The second-order valence-electron chi connectivity index (χ2n) is 6.04. The van der Waals surface area contributed by atoms with Crippen molar-refractivity contribution in [1.29, 1.82) is 0 Å². The van der Waals surface area contributed by atoms with E-state index in [4.69, 9.17) is 9.84 Å². The van der Waals surface area contributed by atoms with E-state index in [1.165, 1.54) is 5.56 Å². The second kappa shape index (κ2) is 7.67. The van der Waals surface area contributed by atoms with Crippen molar-refractivity contribution in [3.63, 3.8) is 0 Å². The predicted octanol–water partition coefficient (Wildman–Crippen LogP) is 4.87. The summed E-state index contributed by atoms with van der Waals surface area (Å²) in [7, 11) is 0. The Labute approximate surface area is 147 Å². The van der Waals surface area contributed by atoms with Gasteiger partial charge in [0.1, 0.15) is 12.4 Å². The van der Waals surface area contributed by atoms with Gasteiger partial charge in [0, 0.05) is 5.56 Å². The first-order valence-electron chi connectivity index (χ1n) is 8.20. The maximum absolute atomic E-state index is 11.0. The van der Waals surface area contributed by atoms with E-state index in [2.05, 4.69) is 0 Å². The van der Waals surface area contributed by atoms with E-state index >= 15 is 0 Å². The van der Waals surface area contributed by atoms with Crippen molar-refractivity contribution in [2.45, 2.75) is 20.0 Å². The third-order valence-corrected chi connectivity index (χ3v) is 4.00. The van der Waals surface area contributed by atoms with E-state index in [0.29, 0.717) is 6.61 Å². The highest BCUT2D eigenvalue weighted by Crippen LogP contribution is 2.32. The number of ether oxygens (including phenoxy) is 1. The van der Waals surface area contributed by atoms with Gasteiger partial charge < -0.3 is 9.84 Å². The molecule has 25 heavy (non-hydrogen) atoms. The average Bonchev–Trinajstić information content (AvgIpc) is 2.62. The normalized spacial score (nSPS) is 10.4. The summed E-state index contributed by atoms with van der Waals surface area (Å²) in [6, 6.07) is 23.7. The molecular weight excluding hydrogens is 312 g/mol. The van der Waals surface area contributed by atoms with Crippen LogP contribution in [0.3, 0.4) is 0 Å². The molecule has 0 spiro atoms. The number of aliphatic carboxylic acids is 1. The molecule has 0 fully saturated rings. The SMILES string of the molecule is Cc1ccc(-c2cc(CC(=O)O)ccc2OCc2ccccc2)cc1. The molecule has 3 rings (SSSR count). The average molecular weight is 332 g/mol. The van der Waals surface area contributed by atoms with Crippen LogP contribution in [-0.2, 0) is 17.8 Å². The molecule has 0 aliphatic heterocycles. The topological polar surface area (TPSA) is 46.5 Å². The van der Waals surface area contributed by atoms with Crippen molar-refractivity contribution in [3.05, 3.63) is 89.5 Å². The van der Waals surface area contributed by atoms with E-state index in [-0.39, 0.29) is 6.42 Å². The Kier molecular flexibility index (Phi) is 5.14. The van der Waals surface area contributed by atoms with E-state index in [0.717, 1.165) is 28.0 Å². The maximum atomic E-state index is 11.0. The largest absolute Gasteiger partial charge is 0.488 e. The van der Waals surface area contributed by atoms with Crippen LogP contribution in [0.1, 0.15) is 16.7 Å². The van der Waals surface area contributed by atoms with Crippen LogP contribution in [0.4, 0.5) is 0 Å². The van der Waals surface area contributed by atoms with Crippen LogP contribution in [0.5, 0.6) is 5.75 Å². The molecule has 0 aromatic heterocycles. The van der Waals surface area contributed by atoms with Crippen LogP contribution in [0.2, 0.25) is 0 Å². The summed E-state index contributed by atoms with van der Waals surface area (Å²) in [5.41, 5.74) is 4.95. The lowest BCUT2D eigenvalue weighted by Gasteiger charge is -2.14. The molecule has 0 radical (unpaired) electrons. The van der Waals surface area contributed by atoms with Gasteiger partial charge in [-0.2, -0.15) is 0 Å². The monoisotopic (exact) mass is 332 g/mol. The Bertz CT molecular complexity index is 852. The number of rotatable bonds is 6. The van der Waals surface area contributed by atoms with E-state index < -0.39 is 5.97 Å². The molecule has 0 amide bonds. The maximum Gasteiger partial charge on any atom is 0.307 e. The van der Waals surface area contributed by atoms with Gasteiger partial charge >= 0.3 is 5.97 Å². The van der Waals surface area contributed by atoms with Crippen LogP contribution in [-0.4, -0.2) is 11.1 Å². The summed E-state index contributed by atoms with van der Waals surface area (Å²) in [5.74, 6) is -0.0883. The van der Waals surface area contributed by atoms with Gasteiger partial charge in [-0.05, 0) is 35.7 Å². The van der Waals surface area contributed by atoms with Crippen molar-refractivity contribution >= 4 is 5.97 Å². The van der Waals surface area contributed by atoms with Gasteiger partial charge in [-0.15, -0.1) is 0 Å². The van der Waals surface area contributed by atoms with E-state index in [1.54, 1.807) is 0 Å². The Morgan fingerprint density at radius 1 is 0.920 bits per heavy atom. The molecule has 1 N–H and O–H groups in total. The van der Waals surface area contributed by atoms with Gasteiger partial charge in [-0.3, -0.25) is 4.79 Å². The fraction of sp³-hybridized carbons (Fsp3) is 0.136. The van der Waals surface area contributed by atoms with E-state index in [1.807, 2.05) is 79.7 Å². The van der Waals surface area contributed by atoms with Crippen LogP contribution < -0.4 is 4.74 Å². The lowest BCUT2D eigenvalue weighted by atomic mass is 9.99. The van der Waals surface area contributed by atoms with Crippen LogP contribution >= 0.6 is 0 Å². The van der Waals surface area contributed by atoms with Crippen molar-refractivity contribution in [3.8, 4) is 16.9 Å². The van der Waals surface area contributed by atoms with Crippen LogP contribution in [0.15, 0.2) is 72.8 Å². The third kappa shape index (κ3) is 4.48. The molecule has 3 aromatic rings. The number of hydrogen-bond donors (Lipinski definition) is 1. The second-order valence-corrected chi connectivity index (χ2v) is 6.04. The number of benzene rings is 3. The van der Waals surface area contributed by atoms with Gasteiger partial charge in [0.2, 0.25) is 0 Å². The zero-order valence-electron chi connectivity index (χ0n) is 14.1. The summed E-state index contributed by atoms with van der Waals surface area (Å²) in [6.07, 6.45) is -0.00216. The summed E-state index contributed by atoms with van der Waals surface area (Å²) >= 11 is 0. The zero-order chi connectivity index (χ0) is 17.6. The lowest BCUT2D eigenvalue weighted by Crippen LogP contribution is -2.02. The third-order valence-electron chi connectivity index (χ3n) is 4.00. The van der Waals surface area contributed by atoms with E-state index in [9.17, 15) is 4.79 Å². The minimum atomic E-state index is -0.840. The Hall–Kier alpha value is -3.07. The highest BCUT2D eigenvalue weighted by atomic mass is 16.5. The molecule has 0 unspecified atom stereocenters. The highest BCUT2D eigenvalue weighted by molar-refractivity contribution is 5.75. The molecule has 126 valence electrons. The summed E-state index contributed by atoms with van der Waals surface area (Å²) < 4.78 is 6.02. The molecule has 3 heteroatoms. The minimum absolute atomic E-state index is 0.00216. The molecule has 0 bridgehead atoms. The predicted molar refractivity (Wildman–Crippen MR) is 98.7 cm³/mol. The van der Waals surface area contributed by atoms with Crippen molar-refractivity contribution in [1.82, 2.24) is 0 Å². The lowest BCUT2D eigenvalue weighted by molar-refractivity contribution is -0.136. The van der Waals surface area contributed by atoms with Gasteiger partial charge in [-0.1, -0.05) is 66.2 Å². The first-order valence-corrected chi connectivity index (χ1v) is 8.20. The van der Waals surface area contributed by atoms with Gasteiger partial charge in [0.25, 0.3) is 0 Å². The molecule has 0 atom stereocenters. The fourth-order valence-electron chi connectivity index (χ4n) is 2.68. The number of carboxylic acid groups (broad SMARTS) is 1. The molecule has 3 aromatic carbocycles.